The maximum Gasteiger partial charge on any atom is 0.270 e. The molecule has 10 heteroatoms. The topological polar surface area (TPSA) is 123 Å². The van der Waals surface area contributed by atoms with Crippen molar-refractivity contribution in [3.05, 3.63) is 71.8 Å². The Kier molecular flexibility index (Phi) is 6.04. The van der Waals surface area contributed by atoms with Gasteiger partial charge in [0.15, 0.2) is 9.84 Å². The number of pyridine rings is 1. The largest absolute Gasteiger partial charge is 0.348 e. The van der Waals surface area contributed by atoms with Gasteiger partial charge in [-0.1, -0.05) is 6.07 Å². The first kappa shape index (κ1) is 21.7. The van der Waals surface area contributed by atoms with Gasteiger partial charge in [0.2, 0.25) is 0 Å². The van der Waals surface area contributed by atoms with E-state index in [0.29, 0.717) is 5.69 Å². The average molecular weight is 454 g/mol. The van der Waals surface area contributed by atoms with Gasteiger partial charge in [-0.05, 0) is 55.7 Å². The van der Waals surface area contributed by atoms with Gasteiger partial charge in [-0.15, -0.1) is 0 Å². The van der Waals surface area contributed by atoms with Crippen LogP contribution < -0.4 is 10.6 Å². The highest BCUT2D eigenvalue weighted by Crippen LogP contribution is 2.18. The van der Waals surface area contributed by atoms with Crippen molar-refractivity contribution in [2.24, 2.45) is 0 Å². The monoisotopic (exact) mass is 453 g/mol. The molecule has 0 saturated heterocycles. The molecule has 2 amide bonds. The summed E-state index contributed by atoms with van der Waals surface area (Å²) in [4.78, 5) is 29.2. The van der Waals surface area contributed by atoms with Crippen molar-refractivity contribution in [1.82, 2.24) is 25.4 Å². The summed E-state index contributed by atoms with van der Waals surface area (Å²) in [6.07, 6.45) is 7.57. The van der Waals surface area contributed by atoms with Crippen LogP contribution in [0.3, 0.4) is 0 Å². The fourth-order valence-electron chi connectivity index (χ4n) is 3.21. The van der Waals surface area contributed by atoms with E-state index in [0.717, 1.165) is 31.1 Å². The Hall–Kier alpha value is -3.53. The molecule has 0 aliphatic heterocycles. The number of hydrogen-bond acceptors (Lipinski definition) is 6. The van der Waals surface area contributed by atoms with Gasteiger partial charge < -0.3 is 10.6 Å². The number of carbonyl (C=O) groups excluding carboxylic acids is 2. The van der Waals surface area contributed by atoms with Gasteiger partial charge in [0.1, 0.15) is 11.4 Å². The molecule has 4 rings (SSSR count). The van der Waals surface area contributed by atoms with Crippen LogP contribution in [-0.2, 0) is 16.4 Å². The summed E-state index contributed by atoms with van der Waals surface area (Å²) in [5, 5.41) is 9.94. The second-order valence-corrected chi connectivity index (χ2v) is 9.77. The smallest absolute Gasteiger partial charge is 0.270 e. The molecule has 1 fully saturated rings. The summed E-state index contributed by atoms with van der Waals surface area (Å²) >= 11 is 0. The molecule has 0 bridgehead atoms. The molecular formula is C22H23N5O4S. The van der Waals surface area contributed by atoms with Gasteiger partial charge >= 0.3 is 0 Å². The Bertz CT molecular complexity index is 1250. The van der Waals surface area contributed by atoms with E-state index in [4.69, 9.17) is 0 Å². The van der Waals surface area contributed by atoms with Gasteiger partial charge in [0, 0.05) is 30.6 Å². The molecule has 1 aliphatic rings. The summed E-state index contributed by atoms with van der Waals surface area (Å²) in [5.74, 6) is -0.666. The van der Waals surface area contributed by atoms with Crippen LogP contribution in [0.25, 0.3) is 5.69 Å². The molecule has 3 aromatic rings. The molecule has 166 valence electrons. The molecule has 1 aliphatic carbocycles. The minimum absolute atomic E-state index is 0.162. The molecule has 9 nitrogen and oxygen atoms in total. The molecular weight excluding hydrogens is 430 g/mol. The highest BCUT2D eigenvalue weighted by atomic mass is 32.2. The highest BCUT2D eigenvalue weighted by molar-refractivity contribution is 7.90. The van der Waals surface area contributed by atoms with Gasteiger partial charge in [-0.3, -0.25) is 9.59 Å². The molecule has 2 N–H and O–H groups in total. The first-order chi connectivity index (χ1) is 15.3. The quantitative estimate of drug-likeness (QED) is 0.563. The van der Waals surface area contributed by atoms with E-state index in [1.165, 1.54) is 12.1 Å². The number of rotatable bonds is 7. The minimum atomic E-state index is -3.26. The fraction of sp³-hybridized carbons (Fsp3) is 0.273. The molecule has 0 radical (unpaired) electrons. The number of aromatic nitrogens is 3. The summed E-state index contributed by atoms with van der Waals surface area (Å²) in [7, 11) is -3.26. The lowest BCUT2D eigenvalue weighted by Gasteiger charge is -2.26. The Morgan fingerprint density at radius 1 is 1.06 bits per heavy atom. The molecule has 2 heterocycles. The van der Waals surface area contributed by atoms with Crippen molar-refractivity contribution >= 4 is 21.7 Å². The van der Waals surface area contributed by atoms with E-state index in [-0.39, 0.29) is 34.8 Å². The maximum atomic E-state index is 12.5. The van der Waals surface area contributed by atoms with Crippen molar-refractivity contribution < 1.29 is 18.0 Å². The molecule has 0 atom stereocenters. The molecule has 0 unspecified atom stereocenters. The van der Waals surface area contributed by atoms with Crippen LogP contribution in [0.15, 0.2) is 59.8 Å². The van der Waals surface area contributed by atoms with Crippen molar-refractivity contribution in [3.8, 4) is 5.69 Å². The Labute approximate surface area is 185 Å². The van der Waals surface area contributed by atoms with Crippen LogP contribution >= 0.6 is 0 Å². The van der Waals surface area contributed by atoms with Crippen LogP contribution in [0.5, 0.6) is 0 Å². The second kappa shape index (κ2) is 8.91. The van der Waals surface area contributed by atoms with Crippen LogP contribution in [0.1, 0.15) is 45.8 Å². The SMILES string of the molecule is CS(=O)(=O)c1ccc(-n2cc(CNC(=O)c3cccc(C(=O)NC4CCC4)n3)cn2)cc1. The van der Waals surface area contributed by atoms with Crippen LogP contribution in [-0.4, -0.2) is 47.3 Å². The van der Waals surface area contributed by atoms with Crippen LogP contribution in [0.4, 0.5) is 0 Å². The zero-order chi connectivity index (χ0) is 22.7. The molecule has 1 saturated carbocycles. The number of hydrogen-bond donors (Lipinski definition) is 2. The molecule has 32 heavy (non-hydrogen) atoms. The minimum Gasteiger partial charge on any atom is -0.348 e. The van der Waals surface area contributed by atoms with E-state index in [9.17, 15) is 18.0 Å². The van der Waals surface area contributed by atoms with E-state index in [1.54, 1.807) is 47.4 Å². The third-order valence-corrected chi connectivity index (χ3v) is 6.40. The number of nitrogens with zero attached hydrogens (tertiary/aromatic N) is 3. The standard InChI is InChI=1S/C22H23N5O4S/c1-32(30,31)18-10-8-17(9-11-18)27-14-15(13-24-27)12-23-21(28)19-6-3-7-20(26-19)22(29)25-16-4-2-5-16/h3,6-11,13-14,16H,2,4-5,12H2,1H3,(H,23,28)(H,25,29). The fourth-order valence-corrected chi connectivity index (χ4v) is 3.84. The Morgan fingerprint density at radius 2 is 1.75 bits per heavy atom. The normalized spacial score (nSPS) is 13.9. The predicted molar refractivity (Wildman–Crippen MR) is 117 cm³/mol. The average Bonchev–Trinajstić information content (AvgIpc) is 3.23. The summed E-state index contributed by atoms with van der Waals surface area (Å²) in [5.41, 5.74) is 1.83. The van der Waals surface area contributed by atoms with Crippen molar-refractivity contribution in [2.45, 2.75) is 36.7 Å². The maximum absolute atomic E-state index is 12.5. The predicted octanol–water partition coefficient (Wildman–Crippen LogP) is 1.88. The van der Waals surface area contributed by atoms with Crippen molar-refractivity contribution in [2.75, 3.05) is 6.26 Å². The second-order valence-electron chi connectivity index (χ2n) is 7.75. The van der Waals surface area contributed by atoms with Gasteiger partial charge in [-0.2, -0.15) is 5.10 Å². The highest BCUT2D eigenvalue weighted by Gasteiger charge is 2.21. The number of sulfone groups is 1. The van der Waals surface area contributed by atoms with E-state index in [1.807, 2.05) is 0 Å². The van der Waals surface area contributed by atoms with Gasteiger partial charge in [0.05, 0.1) is 16.8 Å². The van der Waals surface area contributed by atoms with Gasteiger partial charge in [-0.25, -0.2) is 18.1 Å². The van der Waals surface area contributed by atoms with E-state index in [2.05, 4.69) is 20.7 Å². The number of amides is 2. The summed E-state index contributed by atoms with van der Waals surface area (Å²) in [6, 6.07) is 11.3. The lowest BCUT2D eigenvalue weighted by atomic mass is 9.93. The summed E-state index contributed by atoms with van der Waals surface area (Å²) < 4.78 is 24.8. The van der Waals surface area contributed by atoms with Crippen LogP contribution in [0.2, 0.25) is 0 Å². The Morgan fingerprint density at radius 3 is 2.38 bits per heavy atom. The molecule has 0 spiro atoms. The first-order valence-corrected chi connectivity index (χ1v) is 12.1. The lowest BCUT2D eigenvalue weighted by Crippen LogP contribution is -2.40. The number of nitrogens with one attached hydrogen (secondary N) is 2. The van der Waals surface area contributed by atoms with E-state index < -0.39 is 15.7 Å². The molecule has 2 aromatic heterocycles. The molecule has 1 aromatic carbocycles. The third-order valence-electron chi connectivity index (χ3n) is 5.27. The van der Waals surface area contributed by atoms with Gasteiger partial charge in [0.25, 0.3) is 11.8 Å². The Balaban J connectivity index is 1.37. The number of benzene rings is 1. The van der Waals surface area contributed by atoms with Crippen molar-refractivity contribution in [3.63, 3.8) is 0 Å². The van der Waals surface area contributed by atoms with Crippen molar-refractivity contribution in [1.29, 1.82) is 0 Å². The zero-order valence-corrected chi connectivity index (χ0v) is 18.3. The van der Waals surface area contributed by atoms with E-state index >= 15 is 0 Å². The first-order valence-electron chi connectivity index (χ1n) is 10.2. The van der Waals surface area contributed by atoms with Crippen LogP contribution in [0, 0.1) is 0 Å². The lowest BCUT2D eigenvalue weighted by molar-refractivity contribution is 0.0911. The summed E-state index contributed by atoms with van der Waals surface area (Å²) in [6.45, 7) is 0.223. The zero-order valence-electron chi connectivity index (χ0n) is 17.5. The third kappa shape index (κ3) is 5.02. The number of carbonyl (C=O) groups is 2.